The molecule has 0 aliphatic carbocycles. The number of nitrogens with zero attached hydrogens (tertiary/aromatic N) is 1. The van der Waals surface area contributed by atoms with Crippen molar-refractivity contribution in [2.45, 2.75) is 0 Å². The molecule has 0 bridgehead atoms. The van der Waals surface area contributed by atoms with Crippen LogP contribution < -0.4 is 5.73 Å². The Morgan fingerprint density at radius 3 is 2.73 bits per heavy atom. The van der Waals surface area contributed by atoms with Gasteiger partial charge < -0.3 is 5.73 Å². The van der Waals surface area contributed by atoms with Crippen LogP contribution in [0.2, 0.25) is 5.02 Å². The van der Waals surface area contributed by atoms with E-state index < -0.39 is 10.8 Å². The lowest BCUT2D eigenvalue weighted by Gasteiger charge is -1.94. The Kier molecular flexibility index (Phi) is 3.26. The number of nitro benzene ring substituents is 1. The van der Waals surface area contributed by atoms with Crippen LogP contribution in [0.1, 0.15) is 5.56 Å². The smallest absolute Gasteiger partial charge is 0.293 e. The largest absolute Gasteiger partial charge is 0.359 e. The van der Waals surface area contributed by atoms with E-state index >= 15 is 0 Å². The molecule has 0 aromatic heterocycles. The van der Waals surface area contributed by atoms with Gasteiger partial charge in [0.05, 0.1) is 4.92 Å². The van der Waals surface area contributed by atoms with Crippen molar-refractivity contribution in [1.82, 2.24) is 0 Å². The lowest BCUT2D eigenvalue weighted by atomic mass is 10.2. The van der Waals surface area contributed by atoms with Crippen molar-refractivity contribution in [3.05, 3.63) is 38.9 Å². The third kappa shape index (κ3) is 2.97. The molecular weight excluding hydrogens is 220 g/mol. The number of nitrogens with two attached hydrogens (primary N) is 1. The van der Waals surface area contributed by atoms with E-state index in [1.54, 1.807) is 0 Å². The molecule has 0 aliphatic heterocycles. The van der Waals surface area contributed by atoms with Gasteiger partial charge in [0.1, 0.15) is 5.02 Å². The predicted octanol–water partition coefficient (Wildman–Crippen LogP) is 1.08. The molecule has 5 nitrogen and oxygen atoms in total. The fourth-order valence-corrected chi connectivity index (χ4v) is 1.05. The van der Waals surface area contributed by atoms with E-state index in [2.05, 4.69) is 11.8 Å². The Bertz CT molecular complexity index is 488. The maximum atomic E-state index is 10.5. The number of primary amides is 1. The summed E-state index contributed by atoms with van der Waals surface area (Å²) in [5.41, 5.74) is 4.85. The second-order valence-corrected chi connectivity index (χ2v) is 2.94. The Labute approximate surface area is 90.0 Å². The molecule has 0 unspecified atom stereocenters. The van der Waals surface area contributed by atoms with E-state index in [4.69, 9.17) is 17.3 Å². The third-order valence-corrected chi connectivity index (χ3v) is 1.79. The molecular formula is C9H5ClN2O3. The minimum Gasteiger partial charge on any atom is -0.359 e. The first-order valence-corrected chi connectivity index (χ1v) is 4.14. The van der Waals surface area contributed by atoms with E-state index in [9.17, 15) is 14.9 Å². The van der Waals surface area contributed by atoms with Crippen LogP contribution in [0.4, 0.5) is 5.69 Å². The van der Waals surface area contributed by atoms with E-state index in [0.29, 0.717) is 5.56 Å². The van der Waals surface area contributed by atoms with E-state index in [1.165, 1.54) is 18.2 Å². The molecule has 1 amide bonds. The average molecular weight is 225 g/mol. The molecule has 0 saturated heterocycles. The molecule has 76 valence electrons. The second kappa shape index (κ2) is 4.44. The molecule has 2 N–H and O–H groups in total. The zero-order valence-electron chi connectivity index (χ0n) is 7.36. The lowest BCUT2D eigenvalue weighted by Crippen LogP contribution is -2.06. The number of benzene rings is 1. The van der Waals surface area contributed by atoms with Gasteiger partial charge in [-0.05, 0) is 18.1 Å². The first-order valence-electron chi connectivity index (χ1n) is 3.76. The van der Waals surface area contributed by atoms with Gasteiger partial charge in [0.25, 0.3) is 11.6 Å². The highest BCUT2D eigenvalue weighted by atomic mass is 35.5. The van der Waals surface area contributed by atoms with E-state index in [1.807, 2.05) is 0 Å². The zero-order chi connectivity index (χ0) is 11.4. The van der Waals surface area contributed by atoms with Crippen molar-refractivity contribution in [2.24, 2.45) is 5.73 Å². The van der Waals surface area contributed by atoms with Gasteiger partial charge in [-0.25, -0.2) is 0 Å². The maximum Gasteiger partial charge on any atom is 0.293 e. The number of halogens is 1. The molecule has 0 atom stereocenters. The van der Waals surface area contributed by atoms with Crippen molar-refractivity contribution in [3.63, 3.8) is 0 Å². The summed E-state index contributed by atoms with van der Waals surface area (Å²) < 4.78 is 0. The summed E-state index contributed by atoms with van der Waals surface area (Å²) in [5.74, 6) is 3.65. The van der Waals surface area contributed by atoms with Crippen molar-refractivity contribution in [1.29, 1.82) is 0 Å². The molecule has 0 fully saturated rings. The van der Waals surface area contributed by atoms with Gasteiger partial charge in [0, 0.05) is 11.6 Å². The summed E-state index contributed by atoms with van der Waals surface area (Å²) in [4.78, 5) is 20.2. The highest BCUT2D eigenvalue weighted by Gasteiger charge is 2.11. The fraction of sp³-hybridized carbons (Fsp3) is 0. The predicted molar refractivity (Wildman–Crippen MR) is 54.2 cm³/mol. The van der Waals surface area contributed by atoms with Gasteiger partial charge >= 0.3 is 0 Å². The number of amides is 1. The monoisotopic (exact) mass is 224 g/mol. The molecule has 0 spiro atoms. The molecule has 0 radical (unpaired) electrons. The topological polar surface area (TPSA) is 86.2 Å². The van der Waals surface area contributed by atoms with Crippen LogP contribution in [0.15, 0.2) is 18.2 Å². The highest BCUT2D eigenvalue weighted by Crippen LogP contribution is 2.24. The van der Waals surface area contributed by atoms with Crippen LogP contribution in [0.5, 0.6) is 0 Å². The number of rotatable bonds is 1. The Morgan fingerprint density at radius 1 is 1.53 bits per heavy atom. The lowest BCUT2D eigenvalue weighted by molar-refractivity contribution is -0.384. The number of nitro groups is 1. The van der Waals surface area contributed by atoms with E-state index in [0.717, 1.165) is 0 Å². The van der Waals surface area contributed by atoms with Gasteiger partial charge in [0.15, 0.2) is 0 Å². The highest BCUT2D eigenvalue weighted by molar-refractivity contribution is 6.32. The van der Waals surface area contributed by atoms with Crippen LogP contribution in [-0.2, 0) is 4.79 Å². The van der Waals surface area contributed by atoms with Gasteiger partial charge in [-0.3, -0.25) is 14.9 Å². The number of carbonyl (C=O) groups excluding carboxylic acids is 1. The summed E-state index contributed by atoms with van der Waals surface area (Å²) in [6.07, 6.45) is 0. The van der Waals surface area contributed by atoms with Gasteiger partial charge in [-0.15, -0.1) is 0 Å². The number of hydrogen-bond acceptors (Lipinski definition) is 3. The Morgan fingerprint density at radius 2 is 2.20 bits per heavy atom. The van der Waals surface area contributed by atoms with Gasteiger partial charge in [-0.1, -0.05) is 17.5 Å². The van der Waals surface area contributed by atoms with Gasteiger partial charge in [-0.2, -0.15) is 0 Å². The molecule has 15 heavy (non-hydrogen) atoms. The Balaban J connectivity index is 3.15. The molecule has 0 heterocycles. The molecule has 1 aromatic carbocycles. The summed E-state index contributed by atoms with van der Waals surface area (Å²) in [5, 5.41) is 10.5. The maximum absolute atomic E-state index is 10.5. The molecule has 0 aliphatic rings. The second-order valence-electron chi connectivity index (χ2n) is 2.54. The number of carbonyl (C=O) groups is 1. The first kappa shape index (κ1) is 11.0. The number of hydrogen-bond donors (Lipinski definition) is 1. The van der Waals surface area contributed by atoms with Crippen molar-refractivity contribution < 1.29 is 9.72 Å². The van der Waals surface area contributed by atoms with Crippen LogP contribution in [-0.4, -0.2) is 10.8 Å². The molecule has 6 heteroatoms. The molecule has 0 saturated carbocycles. The van der Waals surface area contributed by atoms with Gasteiger partial charge in [0.2, 0.25) is 0 Å². The van der Waals surface area contributed by atoms with E-state index in [-0.39, 0.29) is 10.7 Å². The summed E-state index contributed by atoms with van der Waals surface area (Å²) in [6.45, 7) is 0. The standard InChI is InChI=1S/C9H5ClN2O3/c10-7-3-1-6(2-4-9(11)13)5-8(7)12(14)15/h1,3,5H,(H2,11,13). The van der Waals surface area contributed by atoms with Crippen molar-refractivity contribution >= 4 is 23.2 Å². The average Bonchev–Trinajstić information content (AvgIpc) is 2.16. The zero-order valence-corrected chi connectivity index (χ0v) is 8.12. The van der Waals surface area contributed by atoms with Crippen molar-refractivity contribution in [2.75, 3.05) is 0 Å². The van der Waals surface area contributed by atoms with Crippen LogP contribution in [0.3, 0.4) is 0 Å². The minimum absolute atomic E-state index is 0.0182. The summed E-state index contributed by atoms with van der Waals surface area (Å²) in [6, 6.07) is 3.98. The Hall–Kier alpha value is -2.06. The summed E-state index contributed by atoms with van der Waals surface area (Å²) in [7, 11) is 0. The SMILES string of the molecule is NC(=O)C#Cc1ccc(Cl)c([N+](=O)[O-])c1. The fourth-order valence-electron chi connectivity index (χ4n) is 0.864. The van der Waals surface area contributed by atoms with Crippen LogP contribution >= 0.6 is 11.6 Å². The minimum atomic E-state index is -0.799. The van der Waals surface area contributed by atoms with Crippen LogP contribution in [0.25, 0.3) is 0 Å². The first-order chi connectivity index (χ1) is 7.00. The normalized spacial score (nSPS) is 8.87. The molecule has 1 aromatic rings. The molecule has 1 rings (SSSR count). The third-order valence-electron chi connectivity index (χ3n) is 1.47. The van der Waals surface area contributed by atoms with Crippen molar-refractivity contribution in [3.8, 4) is 11.8 Å². The van der Waals surface area contributed by atoms with Crippen LogP contribution in [0, 0.1) is 22.0 Å². The quantitative estimate of drug-likeness (QED) is 0.440. The summed E-state index contributed by atoms with van der Waals surface area (Å²) >= 11 is 5.57.